The summed E-state index contributed by atoms with van der Waals surface area (Å²) in [5, 5.41) is 3.53. The van der Waals surface area contributed by atoms with Crippen LogP contribution in [0.5, 0.6) is 5.75 Å². The Hall–Kier alpha value is -3.41. The number of benzene rings is 2. The molecule has 3 aromatic rings. The van der Waals surface area contributed by atoms with E-state index < -0.39 is 11.7 Å². The number of hydrogen-bond acceptors (Lipinski definition) is 5. The van der Waals surface area contributed by atoms with Gasteiger partial charge in [0, 0.05) is 28.8 Å². The van der Waals surface area contributed by atoms with Crippen molar-refractivity contribution >= 4 is 28.3 Å². The fourth-order valence-corrected chi connectivity index (χ4v) is 2.70. The van der Waals surface area contributed by atoms with Crippen molar-refractivity contribution in [3.05, 3.63) is 70.1 Å². The monoisotopic (exact) mass is 365 g/mol. The third-order valence-corrected chi connectivity index (χ3v) is 4.14. The molecular formula is C21H19NO5. The SMILES string of the molecule is CC(=O)c1cccc(NC(=O)C(C)Oc2ccc3c(C)cc(=O)oc3c2)c1. The zero-order chi connectivity index (χ0) is 19.6. The van der Waals surface area contributed by atoms with Gasteiger partial charge in [-0.05, 0) is 50.6 Å². The van der Waals surface area contributed by atoms with Crippen molar-refractivity contribution in [2.24, 2.45) is 0 Å². The van der Waals surface area contributed by atoms with Gasteiger partial charge in [0.2, 0.25) is 0 Å². The van der Waals surface area contributed by atoms with E-state index in [4.69, 9.17) is 9.15 Å². The minimum absolute atomic E-state index is 0.0802. The smallest absolute Gasteiger partial charge is 0.336 e. The first-order chi connectivity index (χ1) is 12.8. The Bertz CT molecular complexity index is 1080. The van der Waals surface area contributed by atoms with E-state index in [9.17, 15) is 14.4 Å². The van der Waals surface area contributed by atoms with E-state index >= 15 is 0 Å². The van der Waals surface area contributed by atoms with Crippen LogP contribution >= 0.6 is 0 Å². The Labute approximate surface area is 155 Å². The summed E-state index contributed by atoms with van der Waals surface area (Å²) in [6.07, 6.45) is -0.792. The highest BCUT2D eigenvalue weighted by Gasteiger charge is 2.16. The molecule has 0 aliphatic heterocycles. The molecule has 1 aromatic heterocycles. The number of rotatable bonds is 5. The molecule has 1 amide bonds. The van der Waals surface area contributed by atoms with Gasteiger partial charge in [0.25, 0.3) is 5.91 Å². The molecule has 0 bridgehead atoms. The highest BCUT2D eigenvalue weighted by molar-refractivity contribution is 5.98. The van der Waals surface area contributed by atoms with Gasteiger partial charge in [0.1, 0.15) is 11.3 Å². The second kappa shape index (κ2) is 7.45. The summed E-state index contributed by atoms with van der Waals surface area (Å²) in [5.41, 5.74) is 1.81. The molecule has 138 valence electrons. The highest BCUT2D eigenvalue weighted by Crippen LogP contribution is 2.23. The maximum atomic E-state index is 12.4. The van der Waals surface area contributed by atoms with Crippen LogP contribution in [0.3, 0.4) is 0 Å². The van der Waals surface area contributed by atoms with Gasteiger partial charge >= 0.3 is 5.63 Å². The Morgan fingerprint density at radius 3 is 2.63 bits per heavy atom. The van der Waals surface area contributed by atoms with Crippen LogP contribution in [0.1, 0.15) is 29.8 Å². The van der Waals surface area contributed by atoms with E-state index in [-0.39, 0.29) is 11.7 Å². The molecule has 0 fully saturated rings. The molecule has 6 nitrogen and oxygen atoms in total. The highest BCUT2D eigenvalue weighted by atomic mass is 16.5. The lowest BCUT2D eigenvalue weighted by Gasteiger charge is -2.15. The second-order valence-electron chi connectivity index (χ2n) is 6.29. The third-order valence-electron chi connectivity index (χ3n) is 4.14. The number of Topliss-reactive ketones (excluding diaryl/α,β-unsaturated/α-hetero) is 1. The van der Waals surface area contributed by atoms with Gasteiger partial charge in [-0.3, -0.25) is 9.59 Å². The summed E-state index contributed by atoms with van der Waals surface area (Å²) in [5.74, 6) is -0.0266. The van der Waals surface area contributed by atoms with E-state index in [0.29, 0.717) is 22.6 Å². The van der Waals surface area contributed by atoms with Crippen molar-refractivity contribution in [2.75, 3.05) is 5.32 Å². The Balaban J connectivity index is 1.74. The summed E-state index contributed by atoms with van der Waals surface area (Å²) >= 11 is 0. The fraction of sp³-hybridized carbons (Fsp3) is 0.190. The largest absolute Gasteiger partial charge is 0.481 e. The third kappa shape index (κ3) is 4.23. The molecule has 1 heterocycles. The van der Waals surface area contributed by atoms with Crippen molar-refractivity contribution in [3.8, 4) is 5.75 Å². The molecular weight excluding hydrogens is 346 g/mol. The second-order valence-corrected chi connectivity index (χ2v) is 6.29. The van der Waals surface area contributed by atoms with Crippen LogP contribution in [0.4, 0.5) is 5.69 Å². The molecule has 0 saturated carbocycles. The van der Waals surface area contributed by atoms with Crippen molar-refractivity contribution in [3.63, 3.8) is 0 Å². The number of ketones is 1. The van der Waals surface area contributed by atoms with E-state index in [1.807, 2.05) is 6.92 Å². The van der Waals surface area contributed by atoms with Crippen molar-refractivity contribution < 1.29 is 18.7 Å². The summed E-state index contributed by atoms with van der Waals surface area (Å²) in [6, 6.07) is 13.2. The minimum atomic E-state index is -0.792. The number of aryl methyl sites for hydroxylation is 1. The lowest BCUT2D eigenvalue weighted by Crippen LogP contribution is -2.30. The molecule has 27 heavy (non-hydrogen) atoms. The van der Waals surface area contributed by atoms with Gasteiger partial charge in [0.15, 0.2) is 11.9 Å². The van der Waals surface area contributed by atoms with E-state index in [1.165, 1.54) is 13.0 Å². The van der Waals surface area contributed by atoms with Crippen molar-refractivity contribution in [2.45, 2.75) is 26.9 Å². The first-order valence-electron chi connectivity index (χ1n) is 8.46. The lowest BCUT2D eigenvalue weighted by atomic mass is 10.1. The van der Waals surface area contributed by atoms with Gasteiger partial charge < -0.3 is 14.5 Å². The van der Waals surface area contributed by atoms with Gasteiger partial charge in [-0.1, -0.05) is 12.1 Å². The number of ether oxygens (including phenoxy) is 1. The summed E-state index contributed by atoms with van der Waals surface area (Å²) in [6.45, 7) is 4.90. The molecule has 1 atom stereocenters. The van der Waals surface area contributed by atoms with Crippen LogP contribution in [-0.4, -0.2) is 17.8 Å². The van der Waals surface area contributed by atoms with Crippen LogP contribution in [0.2, 0.25) is 0 Å². The number of carbonyl (C=O) groups is 2. The summed E-state index contributed by atoms with van der Waals surface area (Å²) in [4.78, 5) is 35.3. The summed E-state index contributed by atoms with van der Waals surface area (Å²) < 4.78 is 10.9. The quantitative estimate of drug-likeness (QED) is 0.550. The normalized spacial score (nSPS) is 11.8. The molecule has 1 unspecified atom stereocenters. The number of nitrogens with one attached hydrogen (secondary N) is 1. The predicted molar refractivity (Wildman–Crippen MR) is 102 cm³/mol. The number of carbonyl (C=O) groups excluding carboxylic acids is 2. The van der Waals surface area contributed by atoms with Crippen LogP contribution in [0, 0.1) is 6.92 Å². The van der Waals surface area contributed by atoms with Crippen molar-refractivity contribution in [1.82, 2.24) is 0 Å². The number of anilines is 1. The standard InChI is InChI=1S/C21H19NO5/c1-12-9-20(24)27-19-11-17(7-8-18(12)19)26-14(3)21(25)22-16-6-4-5-15(10-16)13(2)23/h4-11,14H,1-3H3,(H,22,25). The molecule has 0 saturated heterocycles. The molecule has 0 aliphatic rings. The van der Waals surface area contributed by atoms with Crippen LogP contribution in [0.25, 0.3) is 11.0 Å². The van der Waals surface area contributed by atoms with Gasteiger partial charge in [-0.2, -0.15) is 0 Å². The molecule has 6 heteroatoms. The molecule has 0 radical (unpaired) electrons. The predicted octanol–water partition coefficient (Wildman–Crippen LogP) is 3.71. The maximum Gasteiger partial charge on any atom is 0.336 e. The maximum absolute atomic E-state index is 12.4. The molecule has 3 rings (SSSR count). The fourth-order valence-electron chi connectivity index (χ4n) is 2.70. The minimum Gasteiger partial charge on any atom is -0.481 e. The molecule has 0 aliphatic carbocycles. The number of hydrogen-bond donors (Lipinski definition) is 1. The average molecular weight is 365 g/mol. The molecule has 2 aromatic carbocycles. The topological polar surface area (TPSA) is 85.6 Å². The number of amides is 1. The van der Waals surface area contributed by atoms with Gasteiger partial charge in [-0.25, -0.2) is 4.79 Å². The van der Waals surface area contributed by atoms with Crippen LogP contribution in [0.15, 0.2) is 57.7 Å². The van der Waals surface area contributed by atoms with Crippen LogP contribution in [-0.2, 0) is 4.79 Å². The lowest BCUT2D eigenvalue weighted by molar-refractivity contribution is -0.122. The van der Waals surface area contributed by atoms with Gasteiger partial charge in [0.05, 0.1) is 0 Å². The Morgan fingerprint density at radius 2 is 1.89 bits per heavy atom. The molecule has 1 N–H and O–H groups in total. The zero-order valence-electron chi connectivity index (χ0n) is 15.2. The number of fused-ring (bicyclic) bond motifs is 1. The average Bonchev–Trinajstić information content (AvgIpc) is 2.61. The molecule has 0 spiro atoms. The van der Waals surface area contributed by atoms with E-state index in [1.54, 1.807) is 49.4 Å². The summed E-state index contributed by atoms with van der Waals surface area (Å²) in [7, 11) is 0. The first-order valence-corrected chi connectivity index (χ1v) is 8.46. The van der Waals surface area contributed by atoms with E-state index in [2.05, 4.69) is 5.32 Å². The van der Waals surface area contributed by atoms with Crippen molar-refractivity contribution in [1.29, 1.82) is 0 Å². The zero-order valence-corrected chi connectivity index (χ0v) is 15.2. The van der Waals surface area contributed by atoms with Crippen LogP contribution < -0.4 is 15.7 Å². The Kier molecular flexibility index (Phi) is 5.07. The Morgan fingerprint density at radius 1 is 1.11 bits per heavy atom. The first kappa shape index (κ1) is 18.4. The van der Waals surface area contributed by atoms with E-state index in [0.717, 1.165) is 10.9 Å². The van der Waals surface area contributed by atoms with Gasteiger partial charge in [-0.15, -0.1) is 0 Å².